The number of tetrazole rings is 1. The Labute approximate surface area is 192 Å². The second-order valence-electron chi connectivity index (χ2n) is 8.51. The van der Waals surface area contributed by atoms with Gasteiger partial charge in [0.2, 0.25) is 5.91 Å². The number of benzene rings is 2. The predicted octanol–water partition coefficient (Wildman–Crippen LogP) is 3.98. The van der Waals surface area contributed by atoms with Gasteiger partial charge in [-0.1, -0.05) is 63.2 Å². The molecular formula is C25H28N6O2. The molecule has 0 amide bonds. The van der Waals surface area contributed by atoms with Crippen LogP contribution in [0.2, 0.25) is 0 Å². The Bertz CT molecular complexity index is 1280. The molecule has 0 N–H and O–H groups in total. The van der Waals surface area contributed by atoms with Crippen molar-refractivity contribution in [3.8, 4) is 16.8 Å². The van der Waals surface area contributed by atoms with Crippen molar-refractivity contribution in [1.82, 2.24) is 29.3 Å². The number of carbonyl (C=O) groups is 1. The van der Waals surface area contributed by atoms with Gasteiger partial charge in [-0.3, -0.25) is 9.36 Å². The molecule has 0 spiro atoms. The Morgan fingerprint density at radius 2 is 1.82 bits per heavy atom. The number of aromatic nitrogens is 6. The lowest BCUT2D eigenvalue weighted by atomic mass is 10.0. The van der Waals surface area contributed by atoms with E-state index in [-0.39, 0.29) is 11.6 Å². The summed E-state index contributed by atoms with van der Waals surface area (Å²) >= 11 is 0. The van der Waals surface area contributed by atoms with Crippen LogP contribution in [0.3, 0.4) is 0 Å². The van der Waals surface area contributed by atoms with Gasteiger partial charge in [-0.25, -0.2) is 9.36 Å². The molecule has 0 fully saturated rings. The van der Waals surface area contributed by atoms with Crippen LogP contribution in [0.4, 0.5) is 0 Å². The van der Waals surface area contributed by atoms with Crippen LogP contribution in [0.1, 0.15) is 49.7 Å². The zero-order valence-corrected chi connectivity index (χ0v) is 19.2. The highest BCUT2D eigenvalue weighted by molar-refractivity contribution is 5.78. The first-order chi connectivity index (χ1) is 16.0. The molecule has 2 heterocycles. The van der Waals surface area contributed by atoms with Crippen molar-refractivity contribution < 1.29 is 4.79 Å². The molecular weight excluding hydrogens is 416 g/mol. The standard InChI is InChI=1S/C25H28N6O2/c1-4-24(32)30-16-21(14-9-18(2)3)29(25(30)33)15-19-10-12-20(13-11-19)22-7-5-6-8-23(22)31-17-26-27-28-31/h5-8,10-13,16-18H,4,9,14-15H2,1-3H3. The summed E-state index contributed by atoms with van der Waals surface area (Å²) in [7, 11) is 0. The molecule has 0 radical (unpaired) electrons. The van der Waals surface area contributed by atoms with E-state index in [1.807, 2.05) is 48.5 Å². The Hall–Kier alpha value is -3.81. The number of hydrogen-bond acceptors (Lipinski definition) is 5. The Balaban J connectivity index is 1.63. The van der Waals surface area contributed by atoms with Crippen LogP contribution in [0.25, 0.3) is 16.8 Å². The smallest absolute Gasteiger partial charge is 0.292 e. The summed E-state index contributed by atoms with van der Waals surface area (Å²) in [5.74, 6) is 0.331. The molecule has 0 bridgehead atoms. The van der Waals surface area contributed by atoms with Crippen LogP contribution in [0, 0.1) is 5.92 Å². The van der Waals surface area contributed by atoms with E-state index >= 15 is 0 Å². The molecule has 0 unspecified atom stereocenters. The lowest BCUT2D eigenvalue weighted by molar-refractivity contribution is 0.0904. The van der Waals surface area contributed by atoms with Crippen molar-refractivity contribution in [2.24, 2.45) is 5.92 Å². The topological polar surface area (TPSA) is 87.6 Å². The van der Waals surface area contributed by atoms with Gasteiger partial charge < -0.3 is 0 Å². The lowest BCUT2D eigenvalue weighted by Crippen LogP contribution is -2.29. The van der Waals surface area contributed by atoms with Crippen LogP contribution in [-0.4, -0.2) is 35.2 Å². The Morgan fingerprint density at radius 3 is 2.48 bits per heavy atom. The third kappa shape index (κ3) is 4.84. The summed E-state index contributed by atoms with van der Waals surface area (Å²) < 4.78 is 4.61. The molecule has 0 atom stereocenters. The number of carbonyl (C=O) groups excluding carboxylic acids is 1. The third-order valence-electron chi connectivity index (χ3n) is 5.72. The van der Waals surface area contributed by atoms with Crippen molar-refractivity contribution in [1.29, 1.82) is 0 Å². The summed E-state index contributed by atoms with van der Waals surface area (Å²) in [6.45, 7) is 6.50. The molecule has 2 aromatic carbocycles. The summed E-state index contributed by atoms with van der Waals surface area (Å²) in [5.41, 5.74) is 4.53. The number of hydrogen-bond donors (Lipinski definition) is 0. The zero-order chi connectivity index (χ0) is 23.4. The van der Waals surface area contributed by atoms with Crippen molar-refractivity contribution in [2.45, 2.75) is 46.6 Å². The molecule has 0 aliphatic rings. The van der Waals surface area contributed by atoms with Crippen LogP contribution >= 0.6 is 0 Å². The van der Waals surface area contributed by atoms with E-state index < -0.39 is 0 Å². The van der Waals surface area contributed by atoms with E-state index in [4.69, 9.17) is 0 Å². The summed E-state index contributed by atoms with van der Waals surface area (Å²) in [6, 6.07) is 16.0. The van der Waals surface area contributed by atoms with E-state index in [0.717, 1.165) is 40.9 Å². The normalized spacial score (nSPS) is 11.3. The zero-order valence-electron chi connectivity index (χ0n) is 19.2. The number of aryl methyl sites for hydroxylation is 1. The van der Waals surface area contributed by atoms with Crippen molar-refractivity contribution in [3.63, 3.8) is 0 Å². The first kappa shape index (κ1) is 22.4. The maximum absolute atomic E-state index is 13.0. The molecule has 4 rings (SSSR count). The molecule has 8 nitrogen and oxygen atoms in total. The summed E-state index contributed by atoms with van der Waals surface area (Å²) in [4.78, 5) is 25.2. The minimum absolute atomic E-state index is 0.181. The maximum Gasteiger partial charge on any atom is 0.335 e. The Morgan fingerprint density at radius 1 is 1.06 bits per heavy atom. The molecule has 4 aromatic rings. The van der Waals surface area contributed by atoms with Crippen molar-refractivity contribution in [3.05, 3.63) is 82.8 Å². The van der Waals surface area contributed by atoms with E-state index in [2.05, 4.69) is 29.4 Å². The maximum atomic E-state index is 13.0. The molecule has 0 aliphatic heterocycles. The van der Waals surface area contributed by atoms with Gasteiger partial charge in [0.15, 0.2) is 0 Å². The first-order valence-corrected chi connectivity index (χ1v) is 11.2. The van der Waals surface area contributed by atoms with E-state index in [1.165, 1.54) is 4.57 Å². The largest absolute Gasteiger partial charge is 0.335 e. The third-order valence-corrected chi connectivity index (χ3v) is 5.72. The van der Waals surface area contributed by atoms with Gasteiger partial charge in [0.05, 0.1) is 12.2 Å². The molecule has 2 aromatic heterocycles. The molecule has 33 heavy (non-hydrogen) atoms. The molecule has 8 heteroatoms. The average Bonchev–Trinajstić information content (AvgIpc) is 3.47. The molecule has 0 saturated carbocycles. The highest BCUT2D eigenvalue weighted by Crippen LogP contribution is 2.26. The molecule has 0 aliphatic carbocycles. The number of nitrogens with zero attached hydrogens (tertiary/aromatic N) is 6. The van der Waals surface area contributed by atoms with Crippen LogP contribution < -0.4 is 5.69 Å². The van der Waals surface area contributed by atoms with Crippen LogP contribution in [0.15, 0.2) is 65.8 Å². The quantitative estimate of drug-likeness (QED) is 0.410. The van der Waals surface area contributed by atoms with E-state index in [9.17, 15) is 9.59 Å². The number of para-hydroxylation sites is 1. The van der Waals surface area contributed by atoms with Crippen LogP contribution in [-0.2, 0) is 13.0 Å². The second-order valence-corrected chi connectivity index (χ2v) is 8.51. The molecule has 0 saturated heterocycles. The van der Waals surface area contributed by atoms with Gasteiger partial charge in [0, 0.05) is 23.9 Å². The highest BCUT2D eigenvalue weighted by Gasteiger charge is 2.16. The van der Waals surface area contributed by atoms with Gasteiger partial charge in [-0.2, -0.15) is 4.68 Å². The van der Waals surface area contributed by atoms with Gasteiger partial charge in [-0.15, -0.1) is 5.10 Å². The number of imidazole rings is 1. The van der Waals surface area contributed by atoms with Gasteiger partial charge in [0.1, 0.15) is 6.33 Å². The second kappa shape index (κ2) is 9.77. The van der Waals surface area contributed by atoms with E-state index in [1.54, 1.807) is 28.7 Å². The van der Waals surface area contributed by atoms with Gasteiger partial charge >= 0.3 is 5.69 Å². The summed E-state index contributed by atoms with van der Waals surface area (Å²) in [6.07, 6.45) is 5.29. The predicted molar refractivity (Wildman–Crippen MR) is 126 cm³/mol. The van der Waals surface area contributed by atoms with Gasteiger partial charge in [-0.05, 0) is 46.4 Å². The summed E-state index contributed by atoms with van der Waals surface area (Å²) in [5, 5.41) is 11.5. The fraction of sp³-hybridized carbons (Fsp3) is 0.320. The fourth-order valence-electron chi connectivity index (χ4n) is 3.84. The Kier molecular flexibility index (Phi) is 6.63. The molecule has 170 valence electrons. The number of rotatable bonds is 8. The van der Waals surface area contributed by atoms with Gasteiger partial charge in [0.25, 0.3) is 0 Å². The lowest BCUT2D eigenvalue weighted by Gasteiger charge is -2.11. The van der Waals surface area contributed by atoms with Crippen molar-refractivity contribution in [2.75, 3.05) is 0 Å². The first-order valence-electron chi connectivity index (χ1n) is 11.2. The SMILES string of the molecule is CCC(=O)n1cc(CCC(C)C)n(Cc2ccc(-c3ccccc3-n3cnnn3)cc2)c1=O. The average molecular weight is 445 g/mol. The highest BCUT2D eigenvalue weighted by atomic mass is 16.2. The van der Waals surface area contributed by atoms with Crippen LogP contribution in [0.5, 0.6) is 0 Å². The van der Waals surface area contributed by atoms with Crippen molar-refractivity contribution >= 4 is 5.91 Å². The minimum Gasteiger partial charge on any atom is -0.292 e. The van der Waals surface area contributed by atoms with E-state index in [0.29, 0.717) is 18.9 Å². The monoisotopic (exact) mass is 444 g/mol. The minimum atomic E-state index is -0.270. The fourth-order valence-corrected chi connectivity index (χ4v) is 3.84.